The molecule has 0 spiro atoms. The Labute approximate surface area is 103 Å². The first-order chi connectivity index (χ1) is 8.29. The smallest absolute Gasteiger partial charge is 0.126 e. The van der Waals surface area contributed by atoms with E-state index >= 15 is 0 Å². The largest absolute Gasteiger partial charge is 0.317 e. The third-order valence-electron chi connectivity index (χ3n) is 3.65. The fourth-order valence-electron chi connectivity index (χ4n) is 2.42. The highest BCUT2D eigenvalue weighted by Gasteiger charge is 2.17. The van der Waals surface area contributed by atoms with Gasteiger partial charge in [0.25, 0.3) is 0 Å². The first-order valence-electron chi connectivity index (χ1n) is 6.42. The average Bonchev–Trinajstić information content (AvgIpc) is 2.38. The Kier molecular flexibility index (Phi) is 4.51. The summed E-state index contributed by atoms with van der Waals surface area (Å²) in [5.41, 5.74) is 0.836. The van der Waals surface area contributed by atoms with E-state index in [0.29, 0.717) is 6.04 Å². The van der Waals surface area contributed by atoms with E-state index < -0.39 is 0 Å². The van der Waals surface area contributed by atoms with E-state index in [9.17, 15) is 4.39 Å². The first-order valence-corrected chi connectivity index (χ1v) is 6.42. The predicted octanol–water partition coefficient (Wildman–Crippen LogP) is 2.05. The summed E-state index contributed by atoms with van der Waals surface area (Å²) >= 11 is 0. The van der Waals surface area contributed by atoms with Crippen molar-refractivity contribution in [2.45, 2.75) is 25.3 Å². The third kappa shape index (κ3) is 3.51. The second-order valence-corrected chi connectivity index (χ2v) is 4.75. The van der Waals surface area contributed by atoms with Gasteiger partial charge in [0.2, 0.25) is 0 Å². The van der Waals surface area contributed by atoms with Gasteiger partial charge in [0, 0.05) is 12.6 Å². The van der Waals surface area contributed by atoms with Gasteiger partial charge >= 0.3 is 0 Å². The van der Waals surface area contributed by atoms with E-state index in [4.69, 9.17) is 0 Å². The summed E-state index contributed by atoms with van der Waals surface area (Å²) in [5.74, 6) is -0.0717. The second-order valence-electron chi connectivity index (χ2n) is 4.75. The Bertz CT molecular complexity index is 346. The zero-order valence-electron chi connectivity index (χ0n) is 10.5. The monoisotopic (exact) mass is 236 g/mol. The van der Waals surface area contributed by atoms with Gasteiger partial charge in [-0.2, -0.15) is 0 Å². The van der Waals surface area contributed by atoms with Crippen molar-refractivity contribution in [3.8, 4) is 0 Å². The summed E-state index contributed by atoms with van der Waals surface area (Å²) in [7, 11) is 2.03. The molecule has 1 aromatic carbocycles. The fourth-order valence-corrected chi connectivity index (χ4v) is 2.42. The molecule has 0 saturated carbocycles. The lowest BCUT2D eigenvalue weighted by Gasteiger charge is -2.31. The molecule has 0 radical (unpaired) electrons. The first kappa shape index (κ1) is 12.5. The van der Waals surface area contributed by atoms with E-state index in [1.165, 1.54) is 12.8 Å². The van der Waals surface area contributed by atoms with Crippen LogP contribution in [0, 0.1) is 5.82 Å². The zero-order valence-corrected chi connectivity index (χ0v) is 10.5. The van der Waals surface area contributed by atoms with E-state index in [1.54, 1.807) is 12.1 Å². The van der Waals surface area contributed by atoms with Gasteiger partial charge in [-0.05, 0) is 51.0 Å². The van der Waals surface area contributed by atoms with Crippen molar-refractivity contribution < 1.29 is 4.39 Å². The van der Waals surface area contributed by atoms with Crippen molar-refractivity contribution in [1.29, 1.82) is 0 Å². The minimum absolute atomic E-state index is 0.0717. The molecule has 17 heavy (non-hydrogen) atoms. The predicted molar refractivity (Wildman–Crippen MR) is 68.6 cm³/mol. The summed E-state index contributed by atoms with van der Waals surface area (Å²) in [6.45, 7) is 3.22. The minimum Gasteiger partial charge on any atom is -0.317 e. The quantitative estimate of drug-likeness (QED) is 0.860. The SMILES string of the molecule is CNC1CCN(CCc2ccccc2F)CC1. The molecule has 1 aromatic rings. The average molecular weight is 236 g/mol. The van der Waals surface area contributed by atoms with Gasteiger partial charge in [-0.3, -0.25) is 0 Å². The Morgan fingerprint density at radius 2 is 2.00 bits per heavy atom. The molecule has 0 aromatic heterocycles. The molecule has 0 atom stereocenters. The molecule has 1 saturated heterocycles. The normalized spacial score (nSPS) is 18.5. The number of hydrogen-bond donors (Lipinski definition) is 1. The second kappa shape index (κ2) is 6.12. The van der Waals surface area contributed by atoms with Gasteiger partial charge < -0.3 is 10.2 Å². The highest BCUT2D eigenvalue weighted by atomic mass is 19.1. The zero-order chi connectivity index (χ0) is 12.1. The van der Waals surface area contributed by atoms with E-state index in [0.717, 1.165) is 31.6 Å². The lowest BCUT2D eigenvalue weighted by atomic mass is 10.0. The number of nitrogens with one attached hydrogen (secondary N) is 1. The Balaban J connectivity index is 1.78. The van der Waals surface area contributed by atoms with Crippen molar-refractivity contribution >= 4 is 0 Å². The summed E-state index contributed by atoms with van der Waals surface area (Å²) in [4.78, 5) is 2.43. The van der Waals surface area contributed by atoms with Crippen LogP contribution in [0.2, 0.25) is 0 Å². The van der Waals surface area contributed by atoms with Crippen molar-refractivity contribution in [3.05, 3.63) is 35.6 Å². The van der Waals surface area contributed by atoms with Crippen molar-refractivity contribution in [2.24, 2.45) is 0 Å². The Morgan fingerprint density at radius 1 is 1.29 bits per heavy atom. The summed E-state index contributed by atoms with van der Waals surface area (Å²) in [5, 5.41) is 3.32. The topological polar surface area (TPSA) is 15.3 Å². The highest BCUT2D eigenvalue weighted by molar-refractivity contribution is 5.17. The van der Waals surface area contributed by atoms with Gasteiger partial charge in [0.05, 0.1) is 0 Å². The molecule has 1 aliphatic heterocycles. The molecule has 0 amide bonds. The maximum absolute atomic E-state index is 13.4. The van der Waals surface area contributed by atoms with Crippen LogP contribution in [-0.4, -0.2) is 37.6 Å². The van der Waals surface area contributed by atoms with Crippen molar-refractivity contribution in [3.63, 3.8) is 0 Å². The summed E-state index contributed by atoms with van der Waals surface area (Å²) < 4.78 is 13.4. The number of likely N-dealkylation sites (tertiary alicyclic amines) is 1. The Morgan fingerprint density at radius 3 is 2.65 bits per heavy atom. The van der Waals surface area contributed by atoms with Gasteiger partial charge in [-0.25, -0.2) is 4.39 Å². The van der Waals surface area contributed by atoms with Gasteiger partial charge in [-0.15, -0.1) is 0 Å². The molecule has 0 bridgehead atoms. The van der Waals surface area contributed by atoms with Gasteiger partial charge in [0.15, 0.2) is 0 Å². The maximum Gasteiger partial charge on any atom is 0.126 e. The van der Waals surface area contributed by atoms with Crippen molar-refractivity contribution in [1.82, 2.24) is 10.2 Å². The van der Waals surface area contributed by atoms with Crippen LogP contribution in [0.1, 0.15) is 18.4 Å². The number of hydrogen-bond acceptors (Lipinski definition) is 2. The van der Waals surface area contributed by atoms with Crippen LogP contribution in [0.5, 0.6) is 0 Å². The van der Waals surface area contributed by atoms with E-state index in [2.05, 4.69) is 10.2 Å². The summed E-state index contributed by atoms with van der Waals surface area (Å²) in [6.07, 6.45) is 3.22. The molecular weight excluding hydrogens is 215 g/mol. The van der Waals surface area contributed by atoms with Crippen LogP contribution in [0.25, 0.3) is 0 Å². The molecule has 94 valence electrons. The lowest BCUT2D eigenvalue weighted by molar-refractivity contribution is 0.203. The molecule has 1 aliphatic rings. The van der Waals surface area contributed by atoms with Crippen LogP contribution in [0.4, 0.5) is 4.39 Å². The molecule has 1 heterocycles. The Hall–Kier alpha value is -0.930. The van der Waals surface area contributed by atoms with Crippen LogP contribution in [0.3, 0.4) is 0 Å². The van der Waals surface area contributed by atoms with Gasteiger partial charge in [-0.1, -0.05) is 18.2 Å². The number of piperidine rings is 1. The van der Waals surface area contributed by atoms with E-state index in [1.807, 2.05) is 19.2 Å². The standard InChI is InChI=1S/C14H21FN2/c1-16-13-7-10-17(11-8-13)9-6-12-4-2-3-5-14(12)15/h2-5,13,16H,6-11H2,1H3. The molecule has 1 fully saturated rings. The van der Waals surface area contributed by atoms with Crippen LogP contribution < -0.4 is 5.32 Å². The third-order valence-corrected chi connectivity index (χ3v) is 3.65. The lowest BCUT2D eigenvalue weighted by Crippen LogP contribution is -2.41. The van der Waals surface area contributed by atoms with E-state index in [-0.39, 0.29) is 5.82 Å². The number of halogens is 1. The number of benzene rings is 1. The molecular formula is C14H21FN2. The molecule has 2 rings (SSSR count). The molecule has 3 heteroatoms. The van der Waals surface area contributed by atoms with Crippen LogP contribution >= 0.6 is 0 Å². The molecule has 0 unspecified atom stereocenters. The van der Waals surface area contributed by atoms with Gasteiger partial charge in [0.1, 0.15) is 5.82 Å². The van der Waals surface area contributed by atoms with Crippen LogP contribution in [-0.2, 0) is 6.42 Å². The fraction of sp³-hybridized carbons (Fsp3) is 0.571. The highest BCUT2D eigenvalue weighted by Crippen LogP contribution is 2.12. The maximum atomic E-state index is 13.4. The van der Waals surface area contributed by atoms with Crippen LogP contribution in [0.15, 0.2) is 24.3 Å². The summed E-state index contributed by atoms with van der Waals surface area (Å²) in [6, 6.07) is 7.75. The minimum atomic E-state index is -0.0717. The molecule has 1 N–H and O–H groups in total. The molecule has 2 nitrogen and oxygen atoms in total. The number of rotatable bonds is 4. The number of nitrogens with zero attached hydrogens (tertiary/aromatic N) is 1. The van der Waals surface area contributed by atoms with Crippen molar-refractivity contribution in [2.75, 3.05) is 26.7 Å². The molecule has 0 aliphatic carbocycles.